The molecule has 0 radical (unpaired) electrons. The van der Waals surface area contributed by atoms with Gasteiger partial charge in [-0.3, -0.25) is 0 Å². The van der Waals surface area contributed by atoms with Crippen LogP contribution in [0, 0.1) is 0 Å². The summed E-state index contributed by atoms with van der Waals surface area (Å²) in [5.41, 5.74) is 3.72. The summed E-state index contributed by atoms with van der Waals surface area (Å²) >= 11 is 12.6. The van der Waals surface area contributed by atoms with Gasteiger partial charge in [0, 0.05) is 18.7 Å². The summed E-state index contributed by atoms with van der Waals surface area (Å²) in [5, 5.41) is 1.06. The van der Waals surface area contributed by atoms with Crippen LogP contribution in [-0.4, -0.2) is 23.1 Å². The van der Waals surface area contributed by atoms with Crippen molar-refractivity contribution >= 4 is 29.3 Å². The van der Waals surface area contributed by atoms with Crippen LogP contribution >= 0.6 is 23.2 Å². The van der Waals surface area contributed by atoms with Gasteiger partial charge in [-0.05, 0) is 49.9 Å². The quantitative estimate of drug-likeness (QED) is 0.613. The van der Waals surface area contributed by atoms with Crippen LogP contribution < -0.4 is 0 Å². The lowest BCUT2D eigenvalue weighted by molar-refractivity contribution is 0.0224. The molecule has 0 aromatic heterocycles. The summed E-state index contributed by atoms with van der Waals surface area (Å²) in [6.45, 7) is 6.78. The first-order valence-corrected chi connectivity index (χ1v) is 9.05. The van der Waals surface area contributed by atoms with Gasteiger partial charge >= 0.3 is 6.09 Å². The molecule has 0 saturated carbocycles. The number of carbonyl (C=O) groups excluding carboxylic acids is 1. The maximum absolute atomic E-state index is 12.4. The average Bonchev–Trinajstić information content (AvgIpc) is 2.55. The number of nitrogens with zero attached hydrogens (tertiary/aromatic N) is 1. The number of fused-ring (bicyclic) bond motifs is 1. The molecule has 3 rings (SSSR count). The van der Waals surface area contributed by atoms with Crippen molar-refractivity contribution < 1.29 is 9.53 Å². The van der Waals surface area contributed by atoms with Crippen LogP contribution in [0.2, 0.25) is 10.0 Å². The number of benzene rings is 2. The lowest BCUT2D eigenvalue weighted by Crippen LogP contribution is -2.40. The molecule has 1 aliphatic heterocycles. The van der Waals surface area contributed by atoms with E-state index < -0.39 is 5.60 Å². The van der Waals surface area contributed by atoms with E-state index in [0.29, 0.717) is 23.1 Å². The van der Waals surface area contributed by atoms with Gasteiger partial charge in [0.15, 0.2) is 0 Å². The second kappa shape index (κ2) is 6.89. The Morgan fingerprint density at radius 1 is 1.08 bits per heavy atom. The number of amides is 1. The topological polar surface area (TPSA) is 29.5 Å². The monoisotopic (exact) mass is 377 g/mol. The van der Waals surface area contributed by atoms with Gasteiger partial charge in [-0.15, -0.1) is 0 Å². The number of ether oxygens (including phenoxy) is 1. The number of halogens is 2. The number of rotatable bonds is 1. The van der Waals surface area contributed by atoms with E-state index in [1.165, 1.54) is 5.56 Å². The van der Waals surface area contributed by atoms with Crippen LogP contribution in [0.15, 0.2) is 36.4 Å². The largest absolute Gasteiger partial charge is 0.444 e. The van der Waals surface area contributed by atoms with E-state index in [4.69, 9.17) is 27.9 Å². The Morgan fingerprint density at radius 2 is 1.76 bits per heavy atom. The Labute approximate surface area is 158 Å². The van der Waals surface area contributed by atoms with Crippen molar-refractivity contribution in [2.45, 2.75) is 39.3 Å². The second-order valence-electron chi connectivity index (χ2n) is 7.20. The normalized spacial score (nSPS) is 14.2. The molecule has 0 bridgehead atoms. The molecule has 2 aromatic rings. The molecule has 0 aliphatic carbocycles. The first kappa shape index (κ1) is 18.1. The Balaban J connectivity index is 1.96. The molecule has 25 heavy (non-hydrogen) atoms. The third-order valence-corrected chi connectivity index (χ3v) is 4.99. The van der Waals surface area contributed by atoms with Crippen molar-refractivity contribution in [1.29, 1.82) is 0 Å². The van der Waals surface area contributed by atoms with Crippen molar-refractivity contribution in [2.24, 2.45) is 0 Å². The highest BCUT2D eigenvalue weighted by atomic mass is 35.5. The van der Waals surface area contributed by atoms with Crippen LogP contribution in [0.3, 0.4) is 0 Å². The smallest absolute Gasteiger partial charge is 0.410 e. The van der Waals surface area contributed by atoms with Gasteiger partial charge in [0.05, 0.1) is 10.0 Å². The van der Waals surface area contributed by atoms with E-state index in [-0.39, 0.29) is 6.09 Å². The van der Waals surface area contributed by atoms with Gasteiger partial charge < -0.3 is 9.64 Å². The fourth-order valence-electron chi connectivity index (χ4n) is 3.03. The molecule has 0 fully saturated rings. The second-order valence-corrected chi connectivity index (χ2v) is 7.98. The van der Waals surface area contributed by atoms with Crippen molar-refractivity contribution in [3.8, 4) is 11.1 Å². The first-order chi connectivity index (χ1) is 11.8. The van der Waals surface area contributed by atoms with E-state index in [2.05, 4.69) is 6.07 Å². The van der Waals surface area contributed by atoms with E-state index in [1.54, 1.807) is 11.0 Å². The molecule has 1 aliphatic rings. The standard InChI is InChI=1S/C20H21Cl2NO2/c1-20(2,3)25-19(24)23-11-10-13-6-4-7-14(16(13)12-23)15-8-5-9-17(21)18(15)22/h4-9H,10-12H2,1-3H3. The molecule has 0 unspecified atom stereocenters. The summed E-state index contributed by atoms with van der Waals surface area (Å²) in [7, 11) is 0. The minimum atomic E-state index is -0.507. The first-order valence-electron chi connectivity index (χ1n) is 8.29. The molecule has 0 saturated heterocycles. The van der Waals surface area contributed by atoms with E-state index in [1.807, 2.05) is 45.0 Å². The fraction of sp³-hybridized carbons (Fsp3) is 0.350. The fourth-order valence-corrected chi connectivity index (χ4v) is 3.43. The molecule has 5 heteroatoms. The summed E-state index contributed by atoms with van der Waals surface area (Å²) < 4.78 is 5.52. The zero-order valence-corrected chi connectivity index (χ0v) is 16.1. The van der Waals surface area contributed by atoms with Gasteiger partial charge in [0.1, 0.15) is 5.60 Å². The molecular formula is C20H21Cl2NO2. The summed E-state index contributed by atoms with van der Waals surface area (Å²) in [6.07, 6.45) is 0.505. The van der Waals surface area contributed by atoms with Crippen LogP contribution in [0.5, 0.6) is 0 Å². The Kier molecular flexibility index (Phi) is 4.99. The zero-order chi connectivity index (χ0) is 18.2. The number of hydrogen-bond acceptors (Lipinski definition) is 2. The third-order valence-electron chi connectivity index (χ3n) is 4.17. The molecule has 0 spiro atoms. The molecule has 132 valence electrons. The van der Waals surface area contributed by atoms with Gasteiger partial charge in [-0.2, -0.15) is 0 Å². The van der Waals surface area contributed by atoms with Crippen molar-refractivity contribution in [3.63, 3.8) is 0 Å². The van der Waals surface area contributed by atoms with Crippen molar-refractivity contribution in [1.82, 2.24) is 4.90 Å². The zero-order valence-electron chi connectivity index (χ0n) is 14.6. The minimum absolute atomic E-state index is 0.287. The van der Waals surface area contributed by atoms with Gasteiger partial charge in [0.2, 0.25) is 0 Å². The van der Waals surface area contributed by atoms with E-state index in [0.717, 1.165) is 23.1 Å². The van der Waals surface area contributed by atoms with Crippen LogP contribution in [-0.2, 0) is 17.7 Å². The predicted octanol–water partition coefficient (Wildman–Crippen LogP) is 5.95. The van der Waals surface area contributed by atoms with Gasteiger partial charge in [-0.25, -0.2) is 4.79 Å². The Bertz CT molecular complexity index is 812. The van der Waals surface area contributed by atoms with Crippen LogP contribution in [0.1, 0.15) is 31.9 Å². The van der Waals surface area contributed by atoms with Crippen LogP contribution in [0.25, 0.3) is 11.1 Å². The summed E-state index contributed by atoms with van der Waals surface area (Å²) in [5.74, 6) is 0. The number of carbonyl (C=O) groups is 1. The third kappa shape index (κ3) is 3.94. The SMILES string of the molecule is CC(C)(C)OC(=O)N1CCc2cccc(-c3cccc(Cl)c3Cl)c2C1. The minimum Gasteiger partial charge on any atom is -0.444 e. The molecule has 2 aromatic carbocycles. The van der Waals surface area contributed by atoms with E-state index in [9.17, 15) is 4.79 Å². The molecular weight excluding hydrogens is 357 g/mol. The Morgan fingerprint density at radius 3 is 2.48 bits per heavy atom. The van der Waals surface area contributed by atoms with Gasteiger partial charge in [-0.1, -0.05) is 53.5 Å². The summed E-state index contributed by atoms with van der Waals surface area (Å²) in [6, 6.07) is 11.8. The maximum Gasteiger partial charge on any atom is 0.410 e. The van der Waals surface area contributed by atoms with Gasteiger partial charge in [0.25, 0.3) is 0 Å². The average molecular weight is 378 g/mol. The maximum atomic E-state index is 12.4. The highest BCUT2D eigenvalue weighted by Gasteiger charge is 2.27. The summed E-state index contributed by atoms with van der Waals surface area (Å²) in [4.78, 5) is 14.2. The molecule has 1 heterocycles. The lowest BCUT2D eigenvalue weighted by atomic mass is 9.91. The molecule has 0 N–H and O–H groups in total. The van der Waals surface area contributed by atoms with Crippen molar-refractivity contribution in [3.05, 3.63) is 57.6 Å². The van der Waals surface area contributed by atoms with Crippen molar-refractivity contribution in [2.75, 3.05) is 6.54 Å². The predicted molar refractivity (Wildman–Crippen MR) is 102 cm³/mol. The highest BCUT2D eigenvalue weighted by molar-refractivity contribution is 6.43. The molecule has 1 amide bonds. The van der Waals surface area contributed by atoms with Crippen LogP contribution in [0.4, 0.5) is 4.79 Å². The molecule has 3 nitrogen and oxygen atoms in total. The number of hydrogen-bond donors (Lipinski definition) is 0. The highest BCUT2D eigenvalue weighted by Crippen LogP contribution is 2.37. The lowest BCUT2D eigenvalue weighted by Gasteiger charge is -2.32. The molecule has 0 atom stereocenters. The Hall–Kier alpha value is -1.71. The van der Waals surface area contributed by atoms with E-state index >= 15 is 0 Å².